The van der Waals surface area contributed by atoms with E-state index in [4.69, 9.17) is 23.2 Å². The molecule has 3 heterocycles. The molecule has 3 aliphatic heterocycles. The maximum Gasteiger partial charge on any atom is 0.248 e. The number of carbonyl (C=O) groups excluding carboxylic acids is 12. The van der Waals surface area contributed by atoms with Crippen molar-refractivity contribution in [2.24, 2.45) is 35.0 Å². The van der Waals surface area contributed by atoms with Crippen LogP contribution in [0.1, 0.15) is 209 Å². The zero-order valence-electron chi connectivity index (χ0n) is 63.8. The molecule has 570 valence electrons. The number of hydrogen-bond donors (Lipinski definition) is 3. The molecule has 2 bridgehead atoms. The van der Waals surface area contributed by atoms with E-state index in [0.29, 0.717) is 83.0 Å². The Morgan fingerprint density at radius 1 is 0.614 bits per heavy atom. The van der Waals surface area contributed by atoms with Gasteiger partial charge in [-0.1, -0.05) is 132 Å². The molecule has 12 amide bonds. The molecule has 0 aromatic rings. The van der Waals surface area contributed by atoms with Crippen molar-refractivity contribution < 1.29 is 57.5 Å². The van der Waals surface area contributed by atoms with Gasteiger partial charge in [0.05, 0.1) is 24.9 Å². The molecule has 3 aliphatic carbocycles. The maximum atomic E-state index is 15.8. The molecule has 3 unspecified atom stereocenters. The van der Waals surface area contributed by atoms with E-state index in [1.54, 1.807) is 11.8 Å². The zero-order chi connectivity index (χ0) is 75.1. The number of fused-ring (bicyclic) bond motifs is 3. The van der Waals surface area contributed by atoms with Crippen LogP contribution in [0.25, 0.3) is 0 Å². The molecule has 0 aromatic heterocycles. The summed E-state index contributed by atoms with van der Waals surface area (Å²) in [5.41, 5.74) is -2.00. The SMILES string of the molecule is CCC[C@H]1C(=O)N[C@@H]([C@@H](C)CC)C(=O)N(C)CC(=O)N(C)[C@H]2C/C=C\CCN(C2=O)[C@@H](CC2CCC(C)CC2)C(=O)N(C)CC(=O)N[C@@H](CCC2CCC(Cl)C(Cl)C2)C(=O)N2CCCCC[C@H]2C(=O)NC2(CC(C)(C)C2)C(=O)N(C)[C@@H](C(CC)CC)C(=O)N(C)[C@H](C(=O)N(C)C)CC(=O)N1C. The molecule has 0 aromatic carbocycles. The minimum absolute atomic E-state index is 0.0622. The Balaban J connectivity index is 1.47. The van der Waals surface area contributed by atoms with Gasteiger partial charge in [-0.25, -0.2) is 0 Å². The van der Waals surface area contributed by atoms with E-state index in [2.05, 4.69) is 22.9 Å². The highest BCUT2D eigenvalue weighted by molar-refractivity contribution is 6.30. The van der Waals surface area contributed by atoms with Crippen LogP contribution < -0.4 is 16.0 Å². The number of hydrogen-bond acceptors (Lipinski definition) is 12. The predicted octanol–water partition coefficient (Wildman–Crippen LogP) is 6.96. The first kappa shape index (κ1) is 83.9. The Morgan fingerprint density at radius 3 is 1.86 bits per heavy atom. The van der Waals surface area contributed by atoms with Crippen LogP contribution in [0.3, 0.4) is 0 Å². The number of nitrogens with zero attached hydrogens (tertiary/aromatic N) is 9. The fraction of sp³-hybridized carbons (Fsp3) is 0.813. The number of likely N-dealkylation sites (N-methyl/N-ethyl adjacent to an activating group) is 7. The third-order valence-electron chi connectivity index (χ3n) is 23.2. The summed E-state index contributed by atoms with van der Waals surface area (Å²) >= 11 is 13.4. The molecular formula is C75H124Cl2N12O12. The number of amides is 12. The number of halogens is 2. The topological polar surface area (TPSA) is 270 Å². The molecule has 6 aliphatic rings. The summed E-state index contributed by atoms with van der Waals surface area (Å²) in [4.78, 5) is 194. The van der Waals surface area contributed by atoms with Crippen molar-refractivity contribution in [2.75, 3.05) is 82.6 Å². The summed E-state index contributed by atoms with van der Waals surface area (Å²) in [6, 6.07) is -9.36. The minimum Gasteiger partial charge on any atom is -0.347 e. The number of rotatable bonds is 13. The second-order valence-electron chi connectivity index (χ2n) is 31.7. The smallest absolute Gasteiger partial charge is 0.248 e. The lowest BCUT2D eigenvalue weighted by Gasteiger charge is -2.54. The molecular weight excluding hydrogens is 1330 g/mol. The van der Waals surface area contributed by atoms with Gasteiger partial charge in [0.25, 0.3) is 0 Å². The number of alkyl halides is 2. The first-order valence-corrected chi connectivity index (χ1v) is 38.7. The Hall–Kier alpha value is -6.04. The van der Waals surface area contributed by atoms with Crippen molar-refractivity contribution in [3.05, 3.63) is 12.2 Å². The molecule has 101 heavy (non-hydrogen) atoms. The number of nitrogens with one attached hydrogen (secondary N) is 3. The summed E-state index contributed by atoms with van der Waals surface area (Å²) < 4.78 is 0. The van der Waals surface area contributed by atoms with Crippen molar-refractivity contribution in [1.82, 2.24) is 60.0 Å². The lowest BCUT2D eigenvalue weighted by molar-refractivity contribution is -0.161. The Kier molecular flexibility index (Phi) is 31.2. The first-order chi connectivity index (χ1) is 47.6. The fourth-order valence-corrected chi connectivity index (χ4v) is 17.3. The second-order valence-corrected chi connectivity index (χ2v) is 32.8. The van der Waals surface area contributed by atoms with Crippen molar-refractivity contribution >= 4 is 94.1 Å². The molecule has 0 radical (unpaired) electrons. The summed E-state index contributed by atoms with van der Waals surface area (Å²) in [5, 5.41) is 8.62. The van der Waals surface area contributed by atoms with Gasteiger partial charge in [-0.15, -0.1) is 23.2 Å². The van der Waals surface area contributed by atoms with Crippen LogP contribution in [0.2, 0.25) is 0 Å². The van der Waals surface area contributed by atoms with Crippen molar-refractivity contribution in [1.29, 1.82) is 0 Å². The molecule has 1 spiro atoms. The van der Waals surface area contributed by atoms with Gasteiger partial charge in [0.15, 0.2) is 0 Å². The average molecular weight is 1460 g/mol. The van der Waals surface area contributed by atoms with E-state index in [0.717, 1.165) is 32.1 Å². The molecule has 6 rings (SSSR count). The van der Waals surface area contributed by atoms with Crippen molar-refractivity contribution in [2.45, 2.75) is 274 Å². The van der Waals surface area contributed by atoms with Crippen LogP contribution in [0.15, 0.2) is 12.2 Å². The van der Waals surface area contributed by atoms with Crippen LogP contribution in [0, 0.1) is 35.0 Å². The summed E-state index contributed by atoms with van der Waals surface area (Å²) in [6.45, 7) is 14.8. The molecule has 12 atom stereocenters. The zero-order valence-corrected chi connectivity index (χ0v) is 65.3. The van der Waals surface area contributed by atoms with Crippen LogP contribution >= 0.6 is 23.2 Å². The van der Waals surface area contributed by atoms with Gasteiger partial charge in [-0.3, -0.25) is 57.5 Å². The van der Waals surface area contributed by atoms with E-state index in [1.165, 1.54) is 95.6 Å². The Labute approximate surface area is 612 Å². The van der Waals surface area contributed by atoms with Gasteiger partial charge < -0.3 is 60.0 Å². The van der Waals surface area contributed by atoms with Gasteiger partial charge in [-0.05, 0) is 118 Å². The van der Waals surface area contributed by atoms with E-state index in [-0.39, 0.29) is 74.2 Å². The molecule has 5 fully saturated rings. The van der Waals surface area contributed by atoms with Crippen molar-refractivity contribution in [3.63, 3.8) is 0 Å². The van der Waals surface area contributed by atoms with Gasteiger partial charge in [0.1, 0.15) is 53.9 Å². The van der Waals surface area contributed by atoms with Gasteiger partial charge in [0.2, 0.25) is 70.9 Å². The predicted molar refractivity (Wildman–Crippen MR) is 390 cm³/mol. The molecule has 3 saturated carbocycles. The quantitative estimate of drug-likeness (QED) is 0.125. The maximum absolute atomic E-state index is 15.8. The molecule has 3 N–H and O–H groups in total. The summed E-state index contributed by atoms with van der Waals surface area (Å²) in [5.74, 6) is -7.24. The van der Waals surface area contributed by atoms with E-state index >= 15 is 28.8 Å². The second kappa shape index (κ2) is 37.6. The lowest BCUT2D eigenvalue weighted by atomic mass is 9.58. The van der Waals surface area contributed by atoms with E-state index in [9.17, 15) is 28.8 Å². The minimum atomic E-state index is -1.55. The Bertz CT molecular complexity index is 2950. The average Bonchev–Trinajstić information content (AvgIpc) is 0.872. The molecule has 2 saturated heterocycles. The Morgan fingerprint density at radius 2 is 1.26 bits per heavy atom. The third kappa shape index (κ3) is 21.1. The van der Waals surface area contributed by atoms with Gasteiger partial charge in [-0.2, -0.15) is 0 Å². The van der Waals surface area contributed by atoms with Gasteiger partial charge in [0, 0.05) is 74.8 Å². The van der Waals surface area contributed by atoms with Crippen molar-refractivity contribution in [3.8, 4) is 0 Å². The standard InChI is InChI=1S/C75H124Cl2N12O12/c1-17-27-55-65(93)79-63(48(6)18-2)71(99)83(12)44-62(92)85(14)57-29-24-22-26-39-89(70(57)98)59(41-50-32-30-47(5)31-33-50)69(97)82(11)43-60(90)78-54(37-35-49-34-36-52(76)53(77)40-49)67(95)88-38-25-21-23-28-56(88)66(94)80-75(45-74(7,8)46-75)73(101)87(16)64(51(19-3)20-4)72(100)86(15)58(68(96)81(9)10)42-61(91)84(55)13/h22,24,47-59,63-64H,17-21,23,25-46H2,1-16H3,(H,78,90)(H,79,93)(H,80,94)/b24-22-/t47?,48-,49?,50?,52?,53?,54-,55-,56-,57-,58-,59-,63-,64-/m0/s1. The van der Waals surface area contributed by atoms with Gasteiger partial charge >= 0.3 is 0 Å². The van der Waals surface area contributed by atoms with E-state index < -0.39 is 162 Å². The fourth-order valence-electron chi connectivity index (χ4n) is 16.7. The van der Waals surface area contributed by atoms with Crippen LogP contribution in [-0.2, 0) is 57.5 Å². The van der Waals surface area contributed by atoms with Crippen LogP contribution in [0.4, 0.5) is 0 Å². The highest BCUT2D eigenvalue weighted by Crippen LogP contribution is 2.49. The highest BCUT2D eigenvalue weighted by Gasteiger charge is 2.59. The van der Waals surface area contributed by atoms with E-state index in [1.807, 2.05) is 53.7 Å². The normalized spacial score (nSPS) is 31.3. The largest absolute Gasteiger partial charge is 0.347 e. The summed E-state index contributed by atoms with van der Waals surface area (Å²) in [6.07, 6.45) is 14.5. The summed E-state index contributed by atoms with van der Waals surface area (Å²) in [7, 11) is 11.8. The monoisotopic (exact) mass is 1450 g/mol. The first-order valence-electron chi connectivity index (χ1n) is 37.8. The lowest BCUT2D eigenvalue weighted by Crippen LogP contribution is -2.72. The molecule has 24 nitrogen and oxygen atoms in total. The molecule has 26 heteroatoms. The van der Waals surface area contributed by atoms with Crippen LogP contribution in [0.5, 0.6) is 0 Å². The number of carbonyl (C=O) groups is 12. The third-order valence-corrected chi connectivity index (χ3v) is 24.4. The van der Waals surface area contributed by atoms with Crippen LogP contribution in [-0.4, -0.2) is 262 Å². The highest BCUT2D eigenvalue weighted by atomic mass is 35.5.